The molecule has 0 spiro atoms. The summed E-state index contributed by atoms with van der Waals surface area (Å²) in [5, 5.41) is 14.1. The Morgan fingerprint density at radius 2 is 2.33 bits per heavy atom. The molecule has 0 fully saturated rings. The topological polar surface area (TPSA) is 51.2 Å². The zero-order valence-electron chi connectivity index (χ0n) is 8.22. The molecule has 0 aliphatic carbocycles. The minimum absolute atomic E-state index is 0.511. The van der Waals surface area contributed by atoms with Gasteiger partial charge in [0.2, 0.25) is 0 Å². The van der Waals surface area contributed by atoms with Gasteiger partial charge in [0.05, 0.1) is 5.69 Å². The van der Waals surface area contributed by atoms with Crippen LogP contribution in [0.25, 0.3) is 0 Å². The molecule has 0 aliphatic heterocycles. The van der Waals surface area contributed by atoms with Crippen molar-refractivity contribution in [3.05, 3.63) is 40.5 Å². The highest BCUT2D eigenvalue weighted by Gasteiger charge is 2.17. The number of rotatable bonds is 3. The van der Waals surface area contributed by atoms with Gasteiger partial charge in [-0.2, -0.15) is 5.10 Å². The number of halogens is 1. The largest absolute Gasteiger partial charge is 0.451 e. The third-order valence-electron chi connectivity index (χ3n) is 2.19. The Labute approximate surface area is 95.6 Å². The van der Waals surface area contributed by atoms with Gasteiger partial charge >= 0.3 is 0 Å². The first-order valence-electron chi connectivity index (χ1n) is 4.67. The summed E-state index contributed by atoms with van der Waals surface area (Å²) in [6.45, 7) is 2.70. The van der Waals surface area contributed by atoms with Crippen molar-refractivity contribution in [1.82, 2.24) is 9.78 Å². The monoisotopic (exact) mass is 270 g/mol. The van der Waals surface area contributed by atoms with Crippen LogP contribution < -0.4 is 0 Å². The van der Waals surface area contributed by atoms with Crippen LogP contribution in [0.1, 0.15) is 24.5 Å². The number of aryl methyl sites for hydroxylation is 1. The average Bonchev–Trinajstić information content (AvgIpc) is 2.84. The van der Waals surface area contributed by atoms with E-state index in [-0.39, 0.29) is 0 Å². The summed E-state index contributed by atoms with van der Waals surface area (Å²) < 4.78 is 7.64. The Balaban J connectivity index is 2.31. The summed E-state index contributed by atoms with van der Waals surface area (Å²) in [6, 6.07) is 5.28. The maximum absolute atomic E-state index is 10.0. The van der Waals surface area contributed by atoms with Crippen molar-refractivity contribution in [3.8, 4) is 0 Å². The average molecular weight is 271 g/mol. The van der Waals surface area contributed by atoms with E-state index in [1.54, 1.807) is 29.1 Å². The van der Waals surface area contributed by atoms with Crippen LogP contribution >= 0.6 is 15.9 Å². The quantitative estimate of drug-likeness (QED) is 0.932. The number of aliphatic hydroxyl groups is 1. The summed E-state index contributed by atoms with van der Waals surface area (Å²) in [5.41, 5.74) is 0.736. The van der Waals surface area contributed by atoms with E-state index in [0.717, 1.165) is 12.2 Å². The lowest BCUT2D eigenvalue weighted by molar-refractivity contribution is 0.177. The van der Waals surface area contributed by atoms with Crippen molar-refractivity contribution in [2.24, 2.45) is 0 Å². The molecule has 2 heterocycles. The van der Waals surface area contributed by atoms with Crippen molar-refractivity contribution < 1.29 is 9.52 Å². The third-order valence-corrected chi connectivity index (χ3v) is 2.62. The fourth-order valence-corrected chi connectivity index (χ4v) is 1.78. The van der Waals surface area contributed by atoms with Crippen LogP contribution in [0.2, 0.25) is 0 Å². The van der Waals surface area contributed by atoms with Crippen LogP contribution in [0, 0.1) is 0 Å². The Morgan fingerprint density at radius 1 is 1.53 bits per heavy atom. The second-order valence-corrected chi connectivity index (χ2v) is 3.90. The summed E-state index contributed by atoms with van der Waals surface area (Å²) in [6.07, 6.45) is 0.902. The smallest absolute Gasteiger partial charge is 0.169 e. The van der Waals surface area contributed by atoms with Crippen LogP contribution in [0.5, 0.6) is 0 Å². The fraction of sp³-hybridized carbons (Fsp3) is 0.300. The van der Waals surface area contributed by atoms with E-state index in [1.807, 2.05) is 6.92 Å². The van der Waals surface area contributed by atoms with Gasteiger partial charge in [-0.05, 0) is 41.1 Å². The molecule has 4 nitrogen and oxygen atoms in total. The molecule has 0 bridgehead atoms. The molecule has 15 heavy (non-hydrogen) atoms. The van der Waals surface area contributed by atoms with Crippen LogP contribution in [0.15, 0.2) is 33.5 Å². The lowest BCUT2D eigenvalue weighted by Gasteiger charge is -2.09. The molecule has 1 N–H and O–H groups in total. The zero-order valence-corrected chi connectivity index (χ0v) is 9.81. The van der Waals surface area contributed by atoms with Gasteiger partial charge in [-0.1, -0.05) is 0 Å². The molecule has 1 unspecified atom stereocenters. The van der Waals surface area contributed by atoms with Gasteiger partial charge in [0.15, 0.2) is 10.8 Å². The number of aliphatic hydroxyl groups excluding tert-OH is 1. The standard InChI is InChI=1S/C10H11BrN2O2/c1-2-13-7(5-6-12-13)10(14)8-3-4-9(11)15-8/h3-6,10,14H,2H2,1H3. The third kappa shape index (κ3) is 1.98. The molecule has 5 heteroatoms. The Bertz CT molecular complexity index is 450. The van der Waals surface area contributed by atoms with E-state index in [0.29, 0.717) is 10.4 Å². The van der Waals surface area contributed by atoms with E-state index in [9.17, 15) is 5.11 Å². The highest BCUT2D eigenvalue weighted by Crippen LogP contribution is 2.25. The van der Waals surface area contributed by atoms with Crippen LogP contribution in [-0.4, -0.2) is 14.9 Å². The van der Waals surface area contributed by atoms with Crippen molar-refractivity contribution in [2.45, 2.75) is 19.6 Å². The van der Waals surface area contributed by atoms with E-state index >= 15 is 0 Å². The molecule has 0 radical (unpaired) electrons. The normalized spacial score (nSPS) is 13.0. The molecule has 2 aromatic heterocycles. The SMILES string of the molecule is CCn1nccc1C(O)c1ccc(Br)o1. The second-order valence-electron chi connectivity index (χ2n) is 3.12. The predicted molar refractivity (Wildman–Crippen MR) is 58.4 cm³/mol. The minimum Gasteiger partial charge on any atom is -0.451 e. The zero-order chi connectivity index (χ0) is 10.8. The number of furan rings is 1. The first-order valence-corrected chi connectivity index (χ1v) is 5.46. The van der Waals surface area contributed by atoms with E-state index < -0.39 is 6.10 Å². The Morgan fingerprint density at radius 3 is 2.93 bits per heavy atom. The molecular weight excluding hydrogens is 260 g/mol. The molecule has 0 saturated carbocycles. The van der Waals surface area contributed by atoms with E-state index in [1.165, 1.54) is 0 Å². The number of aromatic nitrogens is 2. The highest BCUT2D eigenvalue weighted by atomic mass is 79.9. The molecule has 0 aliphatic rings. The molecule has 80 valence electrons. The van der Waals surface area contributed by atoms with Gasteiger partial charge in [-0.3, -0.25) is 4.68 Å². The van der Waals surface area contributed by atoms with E-state index in [2.05, 4.69) is 21.0 Å². The molecule has 1 atom stereocenters. The number of hydrogen-bond donors (Lipinski definition) is 1. The molecular formula is C10H11BrN2O2. The Hall–Kier alpha value is -1.07. The highest BCUT2D eigenvalue weighted by molar-refractivity contribution is 9.10. The molecule has 2 aromatic rings. The summed E-state index contributed by atoms with van der Waals surface area (Å²) in [5.74, 6) is 0.511. The summed E-state index contributed by atoms with van der Waals surface area (Å²) in [4.78, 5) is 0. The van der Waals surface area contributed by atoms with Gasteiger partial charge in [-0.15, -0.1) is 0 Å². The second kappa shape index (κ2) is 4.20. The Kier molecular flexibility index (Phi) is 2.93. The van der Waals surface area contributed by atoms with Crippen LogP contribution in [0.4, 0.5) is 0 Å². The molecule has 2 rings (SSSR count). The van der Waals surface area contributed by atoms with Crippen molar-refractivity contribution in [2.75, 3.05) is 0 Å². The fourth-order valence-electron chi connectivity index (χ4n) is 1.46. The molecule has 0 amide bonds. The predicted octanol–water partition coefficient (Wildman–Crippen LogP) is 2.34. The molecule has 0 saturated heterocycles. The van der Waals surface area contributed by atoms with Gasteiger partial charge < -0.3 is 9.52 Å². The van der Waals surface area contributed by atoms with Crippen LogP contribution in [-0.2, 0) is 6.54 Å². The van der Waals surface area contributed by atoms with Crippen LogP contribution in [0.3, 0.4) is 0 Å². The first kappa shape index (κ1) is 10.4. The van der Waals surface area contributed by atoms with Gasteiger partial charge in [0.25, 0.3) is 0 Å². The van der Waals surface area contributed by atoms with Crippen molar-refractivity contribution in [3.63, 3.8) is 0 Å². The maximum atomic E-state index is 10.0. The van der Waals surface area contributed by atoms with Crippen molar-refractivity contribution >= 4 is 15.9 Å². The number of hydrogen-bond acceptors (Lipinski definition) is 3. The lowest BCUT2D eigenvalue weighted by atomic mass is 10.2. The molecule has 0 aromatic carbocycles. The summed E-state index contributed by atoms with van der Waals surface area (Å²) in [7, 11) is 0. The number of nitrogens with zero attached hydrogens (tertiary/aromatic N) is 2. The van der Waals surface area contributed by atoms with Gasteiger partial charge in [-0.25, -0.2) is 0 Å². The van der Waals surface area contributed by atoms with Crippen molar-refractivity contribution in [1.29, 1.82) is 0 Å². The van der Waals surface area contributed by atoms with Gasteiger partial charge in [0.1, 0.15) is 5.76 Å². The maximum Gasteiger partial charge on any atom is 0.169 e. The van der Waals surface area contributed by atoms with Gasteiger partial charge in [0, 0.05) is 12.7 Å². The minimum atomic E-state index is -0.765. The summed E-state index contributed by atoms with van der Waals surface area (Å²) >= 11 is 3.20. The lowest BCUT2D eigenvalue weighted by Crippen LogP contribution is -2.08. The first-order chi connectivity index (χ1) is 7.22. The van der Waals surface area contributed by atoms with E-state index in [4.69, 9.17) is 4.42 Å².